The van der Waals surface area contributed by atoms with Gasteiger partial charge in [-0.1, -0.05) is 36.2 Å². The van der Waals surface area contributed by atoms with Gasteiger partial charge in [-0.05, 0) is 56.9 Å². The topological polar surface area (TPSA) is 26.0 Å². The predicted octanol–water partition coefficient (Wildman–Crippen LogP) is 3.61. The summed E-state index contributed by atoms with van der Waals surface area (Å²) >= 11 is 0. The Labute approximate surface area is 105 Å². The van der Waals surface area contributed by atoms with Crippen LogP contribution < -0.4 is 5.73 Å². The summed E-state index contributed by atoms with van der Waals surface area (Å²) in [5, 5.41) is 0. The van der Waals surface area contributed by atoms with Gasteiger partial charge in [0.05, 0.1) is 0 Å². The lowest BCUT2D eigenvalue weighted by atomic mass is 9.76. The minimum atomic E-state index is 0.409. The van der Waals surface area contributed by atoms with Gasteiger partial charge in [0.1, 0.15) is 0 Å². The minimum absolute atomic E-state index is 0.409. The van der Waals surface area contributed by atoms with Crippen LogP contribution in [-0.2, 0) is 6.42 Å². The summed E-state index contributed by atoms with van der Waals surface area (Å²) in [6.45, 7) is 6.72. The van der Waals surface area contributed by atoms with Gasteiger partial charge in [0.2, 0.25) is 0 Å². The van der Waals surface area contributed by atoms with Crippen molar-refractivity contribution in [2.24, 2.45) is 17.6 Å². The Hall–Kier alpha value is -0.820. The number of rotatable bonds is 2. The molecule has 3 unspecified atom stereocenters. The molecule has 2 N–H and O–H groups in total. The normalized spacial score (nSPS) is 29.3. The fourth-order valence-corrected chi connectivity index (χ4v) is 3.25. The molecule has 0 saturated heterocycles. The summed E-state index contributed by atoms with van der Waals surface area (Å²) in [7, 11) is 0. The van der Waals surface area contributed by atoms with Gasteiger partial charge in [0.25, 0.3) is 0 Å². The zero-order chi connectivity index (χ0) is 12.4. The summed E-state index contributed by atoms with van der Waals surface area (Å²) < 4.78 is 0. The lowest BCUT2D eigenvalue weighted by molar-refractivity contribution is 0.244. The van der Waals surface area contributed by atoms with E-state index in [2.05, 4.69) is 39.0 Å². The van der Waals surface area contributed by atoms with Crippen LogP contribution in [0, 0.1) is 25.7 Å². The summed E-state index contributed by atoms with van der Waals surface area (Å²) in [6, 6.07) is 7.29. The van der Waals surface area contributed by atoms with Crippen molar-refractivity contribution in [1.82, 2.24) is 0 Å². The van der Waals surface area contributed by atoms with Crippen LogP contribution in [0.5, 0.6) is 0 Å². The van der Waals surface area contributed by atoms with Crippen LogP contribution in [0.1, 0.15) is 42.9 Å². The van der Waals surface area contributed by atoms with Gasteiger partial charge in [-0.15, -0.1) is 0 Å². The second kappa shape index (κ2) is 5.22. The molecule has 1 fully saturated rings. The molecule has 1 heteroatoms. The standard InChI is InChI=1S/C16H25N/c1-11-4-5-16(17)15(9-11)10-14-7-12(2)6-13(3)8-14/h6-8,11,15-16H,4-5,9-10,17H2,1-3H3. The van der Waals surface area contributed by atoms with Gasteiger partial charge in [0.15, 0.2) is 0 Å². The van der Waals surface area contributed by atoms with Crippen LogP contribution in [0.15, 0.2) is 18.2 Å². The van der Waals surface area contributed by atoms with Crippen molar-refractivity contribution >= 4 is 0 Å². The summed E-state index contributed by atoms with van der Waals surface area (Å²) in [5.74, 6) is 1.53. The Kier molecular flexibility index (Phi) is 3.88. The molecule has 0 aromatic heterocycles. The van der Waals surface area contributed by atoms with Crippen molar-refractivity contribution in [3.63, 3.8) is 0 Å². The van der Waals surface area contributed by atoms with E-state index in [0.29, 0.717) is 12.0 Å². The van der Waals surface area contributed by atoms with Gasteiger partial charge in [-0.25, -0.2) is 0 Å². The zero-order valence-electron chi connectivity index (χ0n) is 11.4. The highest BCUT2D eigenvalue weighted by molar-refractivity contribution is 5.29. The first-order valence-corrected chi connectivity index (χ1v) is 6.87. The molecule has 94 valence electrons. The van der Waals surface area contributed by atoms with E-state index in [1.165, 1.54) is 36.0 Å². The fourth-order valence-electron chi connectivity index (χ4n) is 3.25. The van der Waals surface area contributed by atoms with Crippen LogP contribution in [0.25, 0.3) is 0 Å². The Bertz CT molecular complexity index is 363. The van der Waals surface area contributed by atoms with E-state index in [1.807, 2.05) is 0 Å². The third kappa shape index (κ3) is 3.32. The molecule has 0 amide bonds. The third-order valence-corrected chi connectivity index (χ3v) is 4.08. The van der Waals surface area contributed by atoms with Gasteiger partial charge in [0, 0.05) is 6.04 Å². The highest BCUT2D eigenvalue weighted by atomic mass is 14.7. The molecule has 0 radical (unpaired) electrons. The maximum absolute atomic E-state index is 6.27. The van der Waals surface area contributed by atoms with Crippen molar-refractivity contribution < 1.29 is 0 Å². The van der Waals surface area contributed by atoms with Gasteiger partial charge in [-0.3, -0.25) is 0 Å². The van der Waals surface area contributed by atoms with Gasteiger partial charge in [-0.2, -0.15) is 0 Å². The average molecular weight is 231 g/mol. The lowest BCUT2D eigenvalue weighted by Crippen LogP contribution is -2.36. The Balaban J connectivity index is 2.08. The highest BCUT2D eigenvalue weighted by Crippen LogP contribution is 2.30. The minimum Gasteiger partial charge on any atom is -0.327 e. The molecule has 0 heterocycles. The van der Waals surface area contributed by atoms with Gasteiger partial charge < -0.3 is 5.73 Å². The van der Waals surface area contributed by atoms with Crippen LogP contribution in [0.4, 0.5) is 0 Å². The SMILES string of the molecule is Cc1cc(C)cc(CC2CC(C)CCC2N)c1. The Morgan fingerprint density at radius 3 is 2.41 bits per heavy atom. The molecular formula is C16H25N. The van der Waals surface area contributed by atoms with Crippen LogP contribution >= 0.6 is 0 Å². The zero-order valence-corrected chi connectivity index (χ0v) is 11.4. The largest absolute Gasteiger partial charge is 0.327 e. The number of aryl methyl sites for hydroxylation is 2. The maximum atomic E-state index is 6.27. The van der Waals surface area contributed by atoms with Crippen molar-refractivity contribution in [3.8, 4) is 0 Å². The maximum Gasteiger partial charge on any atom is 0.00705 e. The van der Waals surface area contributed by atoms with E-state index < -0.39 is 0 Å². The molecule has 1 saturated carbocycles. The van der Waals surface area contributed by atoms with Crippen molar-refractivity contribution in [3.05, 3.63) is 34.9 Å². The van der Waals surface area contributed by atoms with Crippen LogP contribution in [0.2, 0.25) is 0 Å². The quantitative estimate of drug-likeness (QED) is 0.826. The average Bonchev–Trinajstić information content (AvgIpc) is 2.22. The lowest BCUT2D eigenvalue weighted by Gasteiger charge is -2.32. The molecule has 3 atom stereocenters. The molecule has 0 aliphatic heterocycles. The number of hydrogen-bond acceptors (Lipinski definition) is 1. The smallest absolute Gasteiger partial charge is 0.00705 e. The Morgan fingerprint density at radius 1 is 1.12 bits per heavy atom. The summed E-state index contributed by atoms with van der Waals surface area (Å²) in [4.78, 5) is 0. The second-order valence-electron chi connectivity index (χ2n) is 6.04. The molecule has 1 aliphatic rings. The molecule has 1 aromatic carbocycles. The van der Waals surface area contributed by atoms with E-state index in [9.17, 15) is 0 Å². The van der Waals surface area contributed by atoms with E-state index in [0.717, 1.165) is 12.3 Å². The van der Waals surface area contributed by atoms with E-state index in [1.54, 1.807) is 0 Å². The molecule has 17 heavy (non-hydrogen) atoms. The number of benzene rings is 1. The van der Waals surface area contributed by atoms with E-state index >= 15 is 0 Å². The Morgan fingerprint density at radius 2 is 1.76 bits per heavy atom. The highest BCUT2D eigenvalue weighted by Gasteiger charge is 2.25. The first-order chi connectivity index (χ1) is 8.04. The van der Waals surface area contributed by atoms with Gasteiger partial charge >= 0.3 is 0 Å². The van der Waals surface area contributed by atoms with Crippen molar-refractivity contribution in [1.29, 1.82) is 0 Å². The molecule has 1 aliphatic carbocycles. The van der Waals surface area contributed by atoms with E-state index in [4.69, 9.17) is 5.73 Å². The van der Waals surface area contributed by atoms with Crippen LogP contribution in [0.3, 0.4) is 0 Å². The number of nitrogens with two attached hydrogens (primary N) is 1. The van der Waals surface area contributed by atoms with Crippen molar-refractivity contribution in [2.75, 3.05) is 0 Å². The predicted molar refractivity (Wildman–Crippen MR) is 74.1 cm³/mol. The third-order valence-electron chi connectivity index (χ3n) is 4.08. The molecule has 2 rings (SSSR count). The summed E-state index contributed by atoms with van der Waals surface area (Å²) in [6.07, 6.45) is 4.98. The first kappa shape index (κ1) is 12.6. The summed E-state index contributed by atoms with van der Waals surface area (Å²) in [5.41, 5.74) is 10.5. The van der Waals surface area contributed by atoms with Crippen molar-refractivity contribution in [2.45, 2.75) is 52.5 Å². The first-order valence-electron chi connectivity index (χ1n) is 6.87. The molecule has 1 nitrogen and oxygen atoms in total. The second-order valence-corrected chi connectivity index (χ2v) is 6.04. The van der Waals surface area contributed by atoms with Crippen LogP contribution in [-0.4, -0.2) is 6.04 Å². The monoisotopic (exact) mass is 231 g/mol. The molecular weight excluding hydrogens is 206 g/mol. The molecule has 0 spiro atoms. The molecule has 0 bridgehead atoms. The fraction of sp³-hybridized carbons (Fsp3) is 0.625. The number of hydrogen-bond donors (Lipinski definition) is 1. The van der Waals surface area contributed by atoms with E-state index in [-0.39, 0.29) is 0 Å². The molecule has 1 aromatic rings.